The number of benzene rings is 1. The lowest BCUT2D eigenvalue weighted by atomic mass is 10.2. The van der Waals surface area contributed by atoms with E-state index in [0.717, 1.165) is 12.5 Å². The van der Waals surface area contributed by atoms with Crippen molar-refractivity contribution in [3.05, 3.63) is 53.9 Å². The van der Waals surface area contributed by atoms with Crippen molar-refractivity contribution in [1.29, 1.82) is 0 Å². The third kappa shape index (κ3) is 6.78. The Balaban J connectivity index is 0.00000364. The second kappa shape index (κ2) is 11.5. The molecule has 0 aliphatic rings. The van der Waals surface area contributed by atoms with E-state index in [1.165, 1.54) is 5.69 Å². The first kappa shape index (κ1) is 22.8. The van der Waals surface area contributed by atoms with Crippen LogP contribution >= 0.6 is 24.0 Å². The summed E-state index contributed by atoms with van der Waals surface area (Å²) >= 11 is 0. The van der Waals surface area contributed by atoms with E-state index in [1.54, 1.807) is 32.4 Å². The van der Waals surface area contributed by atoms with Gasteiger partial charge in [-0.2, -0.15) is 0 Å². The molecule has 0 aliphatic heterocycles. The third-order valence-electron chi connectivity index (χ3n) is 4.05. The number of nitrogens with zero attached hydrogens (tertiary/aromatic N) is 3. The standard InChI is InChI=1S/C19H27N5O2.HI/c1-20-19(24(3)14-16-8-6-12-23(16)2)22-11-10-21-18(25)15-7-5-9-17(13-15)26-4;/h5-9,12-13H,10-11,14H2,1-4H3,(H,20,22)(H,21,25);1H. The van der Waals surface area contributed by atoms with E-state index < -0.39 is 0 Å². The van der Waals surface area contributed by atoms with Crippen LogP contribution in [0.2, 0.25) is 0 Å². The van der Waals surface area contributed by atoms with Crippen LogP contribution in [0.4, 0.5) is 0 Å². The van der Waals surface area contributed by atoms with Crippen molar-refractivity contribution < 1.29 is 9.53 Å². The predicted molar refractivity (Wildman–Crippen MR) is 119 cm³/mol. The topological polar surface area (TPSA) is 70.9 Å². The molecule has 0 unspecified atom stereocenters. The quantitative estimate of drug-likeness (QED) is 0.273. The second-order valence-corrected chi connectivity index (χ2v) is 5.93. The highest BCUT2D eigenvalue weighted by molar-refractivity contribution is 14.0. The van der Waals surface area contributed by atoms with Crippen LogP contribution in [-0.2, 0) is 13.6 Å². The molecule has 7 nitrogen and oxygen atoms in total. The Labute approximate surface area is 177 Å². The van der Waals surface area contributed by atoms with Crippen molar-refractivity contribution in [3.63, 3.8) is 0 Å². The van der Waals surface area contributed by atoms with Gasteiger partial charge in [0.15, 0.2) is 5.96 Å². The number of rotatable bonds is 7. The molecule has 0 saturated heterocycles. The minimum absolute atomic E-state index is 0. The number of nitrogens with one attached hydrogen (secondary N) is 2. The van der Waals surface area contributed by atoms with Crippen molar-refractivity contribution in [3.8, 4) is 5.75 Å². The number of aliphatic imine (C=N–C) groups is 1. The Hall–Kier alpha value is -2.23. The number of methoxy groups -OCH3 is 1. The zero-order valence-corrected chi connectivity index (χ0v) is 18.6. The van der Waals surface area contributed by atoms with Crippen LogP contribution in [0.5, 0.6) is 5.75 Å². The van der Waals surface area contributed by atoms with Gasteiger partial charge in [0.2, 0.25) is 0 Å². The fourth-order valence-corrected chi connectivity index (χ4v) is 2.58. The molecular formula is C19H28IN5O2. The number of hydrogen-bond acceptors (Lipinski definition) is 3. The third-order valence-corrected chi connectivity index (χ3v) is 4.05. The Morgan fingerprint density at radius 3 is 2.59 bits per heavy atom. The molecule has 1 amide bonds. The molecule has 1 aromatic heterocycles. The Kier molecular flexibility index (Phi) is 9.70. The molecule has 2 rings (SSSR count). The fourth-order valence-electron chi connectivity index (χ4n) is 2.58. The average molecular weight is 485 g/mol. The summed E-state index contributed by atoms with van der Waals surface area (Å²) in [5.41, 5.74) is 1.77. The molecule has 8 heteroatoms. The Morgan fingerprint density at radius 1 is 1.22 bits per heavy atom. The maximum atomic E-state index is 12.2. The molecule has 0 fully saturated rings. The van der Waals surface area contributed by atoms with E-state index in [2.05, 4.69) is 26.3 Å². The van der Waals surface area contributed by atoms with Gasteiger partial charge in [0.05, 0.1) is 13.7 Å². The summed E-state index contributed by atoms with van der Waals surface area (Å²) in [6.45, 7) is 1.83. The number of ether oxygens (including phenoxy) is 1. The van der Waals surface area contributed by atoms with Crippen molar-refractivity contribution in [2.45, 2.75) is 6.54 Å². The zero-order chi connectivity index (χ0) is 18.9. The summed E-state index contributed by atoms with van der Waals surface area (Å²) in [4.78, 5) is 18.5. The van der Waals surface area contributed by atoms with Crippen LogP contribution in [0.25, 0.3) is 0 Å². The van der Waals surface area contributed by atoms with E-state index in [-0.39, 0.29) is 29.9 Å². The second-order valence-electron chi connectivity index (χ2n) is 5.93. The average Bonchev–Trinajstić information content (AvgIpc) is 3.06. The lowest BCUT2D eigenvalue weighted by Crippen LogP contribution is -2.42. The van der Waals surface area contributed by atoms with Gasteiger partial charge in [-0.15, -0.1) is 24.0 Å². The highest BCUT2D eigenvalue weighted by Gasteiger charge is 2.09. The van der Waals surface area contributed by atoms with Crippen molar-refractivity contribution in [1.82, 2.24) is 20.1 Å². The maximum Gasteiger partial charge on any atom is 0.251 e. The molecule has 0 spiro atoms. The highest BCUT2D eigenvalue weighted by Crippen LogP contribution is 2.12. The highest BCUT2D eigenvalue weighted by atomic mass is 127. The minimum Gasteiger partial charge on any atom is -0.497 e. The molecule has 2 N–H and O–H groups in total. The molecule has 1 heterocycles. The number of guanidine groups is 1. The molecule has 27 heavy (non-hydrogen) atoms. The number of hydrogen-bond donors (Lipinski definition) is 2. The lowest BCUT2D eigenvalue weighted by molar-refractivity contribution is 0.0954. The van der Waals surface area contributed by atoms with Gasteiger partial charge in [-0.3, -0.25) is 9.79 Å². The molecule has 0 bridgehead atoms. The van der Waals surface area contributed by atoms with E-state index in [9.17, 15) is 4.79 Å². The van der Waals surface area contributed by atoms with Gasteiger partial charge < -0.3 is 24.8 Å². The predicted octanol–water partition coefficient (Wildman–Crippen LogP) is 2.09. The summed E-state index contributed by atoms with van der Waals surface area (Å²) in [6.07, 6.45) is 2.02. The number of aryl methyl sites for hydroxylation is 1. The molecule has 0 saturated carbocycles. The van der Waals surface area contributed by atoms with Gasteiger partial charge >= 0.3 is 0 Å². The molecule has 2 aromatic rings. The maximum absolute atomic E-state index is 12.2. The summed E-state index contributed by atoms with van der Waals surface area (Å²) in [7, 11) is 7.34. The van der Waals surface area contributed by atoms with Crippen molar-refractivity contribution in [2.24, 2.45) is 12.0 Å². The van der Waals surface area contributed by atoms with Gasteiger partial charge in [0.1, 0.15) is 5.75 Å². The summed E-state index contributed by atoms with van der Waals surface area (Å²) in [6, 6.07) is 11.2. The normalized spacial score (nSPS) is 10.7. The van der Waals surface area contributed by atoms with Gasteiger partial charge in [-0.05, 0) is 30.3 Å². The van der Waals surface area contributed by atoms with E-state index in [1.807, 2.05) is 37.3 Å². The number of aromatic nitrogens is 1. The molecule has 1 aromatic carbocycles. The van der Waals surface area contributed by atoms with Crippen molar-refractivity contribution in [2.75, 3.05) is 34.3 Å². The van der Waals surface area contributed by atoms with Crippen LogP contribution in [0.1, 0.15) is 16.1 Å². The van der Waals surface area contributed by atoms with Crippen LogP contribution in [0.3, 0.4) is 0 Å². The largest absolute Gasteiger partial charge is 0.497 e. The van der Waals surface area contributed by atoms with Gasteiger partial charge in [0, 0.05) is 51.7 Å². The van der Waals surface area contributed by atoms with Gasteiger partial charge in [-0.1, -0.05) is 6.07 Å². The summed E-state index contributed by atoms with van der Waals surface area (Å²) in [5.74, 6) is 1.32. The summed E-state index contributed by atoms with van der Waals surface area (Å²) in [5, 5.41) is 6.15. The van der Waals surface area contributed by atoms with Crippen LogP contribution < -0.4 is 15.4 Å². The fraction of sp³-hybridized carbons (Fsp3) is 0.368. The first-order valence-corrected chi connectivity index (χ1v) is 8.49. The molecular weight excluding hydrogens is 457 g/mol. The van der Waals surface area contributed by atoms with Crippen LogP contribution in [0.15, 0.2) is 47.6 Å². The van der Waals surface area contributed by atoms with Crippen LogP contribution in [-0.4, -0.2) is 55.6 Å². The molecule has 148 valence electrons. The number of amides is 1. The molecule has 0 atom stereocenters. The van der Waals surface area contributed by atoms with E-state index in [4.69, 9.17) is 4.74 Å². The van der Waals surface area contributed by atoms with Crippen molar-refractivity contribution >= 4 is 35.8 Å². The number of halogens is 1. The zero-order valence-electron chi connectivity index (χ0n) is 16.2. The lowest BCUT2D eigenvalue weighted by Gasteiger charge is -2.22. The number of carbonyl (C=O) groups is 1. The van der Waals surface area contributed by atoms with Gasteiger partial charge in [-0.25, -0.2) is 0 Å². The van der Waals surface area contributed by atoms with E-state index in [0.29, 0.717) is 24.4 Å². The SMILES string of the molecule is CN=C(NCCNC(=O)c1cccc(OC)c1)N(C)Cc1cccn1C.I. The first-order chi connectivity index (χ1) is 12.5. The van der Waals surface area contributed by atoms with E-state index >= 15 is 0 Å². The van der Waals surface area contributed by atoms with Crippen LogP contribution in [0, 0.1) is 0 Å². The minimum atomic E-state index is -0.127. The molecule has 0 radical (unpaired) electrons. The number of carbonyl (C=O) groups excluding carboxylic acids is 1. The Bertz CT molecular complexity index is 760. The molecule has 0 aliphatic carbocycles. The first-order valence-electron chi connectivity index (χ1n) is 8.49. The Morgan fingerprint density at radius 2 is 1.96 bits per heavy atom. The monoisotopic (exact) mass is 485 g/mol. The summed E-state index contributed by atoms with van der Waals surface area (Å²) < 4.78 is 7.22. The van der Waals surface area contributed by atoms with Gasteiger partial charge in [0.25, 0.3) is 5.91 Å². The smallest absolute Gasteiger partial charge is 0.251 e.